The minimum Gasteiger partial charge on any atom is -0.352 e. The summed E-state index contributed by atoms with van der Waals surface area (Å²) in [5, 5.41) is 6.60. The van der Waals surface area contributed by atoms with E-state index in [1.54, 1.807) is 0 Å². The van der Waals surface area contributed by atoms with Crippen LogP contribution in [0.15, 0.2) is 6.07 Å². The van der Waals surface area contributed by atoms with Gasteiger partial charge < -0.3 is 15.2 Å². The van der Waals surface area contributed by atoms with Crippen LogP contribution in [0.1, 0.15) is 79.2 Å². The SMILES string of the molecule is Cc1cc(C(=O)NCCC2CCCNC2)c(C)n1C1CCCCC1.Cl. The maximum absolute atomic E-state index is 12.6. The topological polar surface area (TPSA) is 46.1 Å². The van der Waals surface area contributed by atoms with E-state index >= 15 is 0 Å². The largest absolute Gasteiger partial charge is 0.352 e. The molecule has 1 saturated carbocycles. The molecule has 1 aliphatic carbocycles. The molecule has 0 radical (unpaired) electrons. The number of halogens is 1. The predicted molar refractivity (Wildman–Crippen MR) is 106 cm³/mol. The summed E-state index contributed by atoms with van der Waals surface area (Å²) in [5.41, 5.74) is 3.26. The minimum absolute atomic E-state index is 0. The van der Waals surface area contributed by atoms with Crippen LogP contribution in [-0.4, -0.2) is 30.1 Å². The van der Waals surface area contributed by atoms with Crippen LogP contribution in [0.4, 0.5) is 0 Å². The average Bonchev–Trinajstić information content (AvgIpc) is 2.91. The monoisotopic (exact) mass is 367 g/mol. The summed E-state index contributed by atoms with van der Waals surface area (Å²) < 4.78 is 2.42. The van der Waals surface area contributed by atoms with E-state index in [-0.39, 0.29) is 18.3 Å². The van der Waals surface area contributed by atoms with E-state index in [1.165, 1.54) is 50.6 Å². The molecule has 5 heteroatoms. The van der Waals surface area contributed by atoms with Crippen LogP contribution in [-0.2, 0) is 0 Å². The van der Waals surface area contributed by atoms with Gasteiger partial charge >= 0.3 is 0 Å². The Balaban J connectivity index is 0.00000225. The summed E-state index contributed by atoms with van der Waals surface area (Å²) in [6.07, 6.45) is 10.1. The van der Waals surface area contributed by atoms with Gasteiger partial charge in [0.1, 0.15) is 0 Å². The van der Waals surface area contributed by atoms with Crippen LogP contribution in [0, 0.1) is 19.8 Å². The second kappa shape index (κ2) is 9.63. The fourth-order valence-electron chi connectivity index (χ4n) is 4.56. The fraction of sp³-hybridized carbons (Fsp3) is 0.750. The van der Waals surface area contributed by atoms with Crippen molar-refractivity contribution in [2.75, 3.05) is 19.6 Å². The third-order valence-electron chi connectivity index (χ3n) is 5.91. The molecule has 25 heavy (non-hydrogen) atoms. The molecule has 0 spiro atoms. The van der Waals surface area contributed by atoms with Crippen LogP contribution >= 0.6 is 12.4 Å². The number of rotatable bonds is 5. The van der Waals surface area contributed by atoms with Crippen molar-refractivity contribution < 1.29 is 4.79 Å². The summed E-state index contributed by atoms with van der Waals surface area (Å²) in [4.78, 5) is 12.6. The molecule has 4 nitrogen and oxygen atoms in total. The molecule has 1 saturated heterocycles. The second-order valence-corrected chi connectivity index (χ2v) is 7.70. The van der Waals surface area contributed by atoms with Crippen LogP contribution in [0.2, 0.25) is 0 Å². The van der Waals surface area contributed by atoms with E-state index in [0.717, 1.165) is 37.3 Å². The Bertz CT molecular complexity index is 558. The molecule has 0 bridgehead atoms. The highest BCUT2D eigenvalue weighted by Gasteiger charge is 2.22. The number of amides is 1. The average molecular weight is 368 g/mol. The van der Waals surface area contributed by atoms with Crippen LogP contribution in [0.25, 0.3) is 0 Å². The van der Waals surface area contributed by atoms with Crippen molar-refractivity contribution in [1.29, 1.82) is 0 Å². The molecule has 3 rings (SSSR count). The van der Waals surface area contributed by atoms with Gasteiger partial charge in [0, 0.05) is 24.0 Å². The Labute approximate surface area is 158 Å². The van der Waals surface area contributed by atoms with Gasteiger partial charge in [0.2, 0.25) is 0 Å². The van der Waals surface area contributed by atoms with E-state index in [4.69, 9.17) is 0 Å². The molecule has 2 fully saturated rings. The lowest BCUT2D eigenvalue weighted by Crippen LogP contribution is -2.33. The molecular weight excluding hydrogens is 334 g/mol. The number of hydrogen-bond acceptors (Lipinski definition) is 2. The highest BCUT2D eigenvalue weighted by atomic mass is 35.5. The van der Waals surface area contributed by atoms with E-state index in [9.17, 15) is 4.79 Å². The zero-order valence-electron chi connectivity index (χ0n) is 15.8. The van der Waals surface area contributed by atoms with Gasteiger partial charge in [-0.25, -0.2) is 0 Å². The number of aromatic nitrogens is 1. The van der Waals surface area contributed by atoms with Crippen LogP contribution in [0.5, 0.6) is 0 Å². The van der Waals surface area contributed by atoms with E-state index in [2.05, 4.69) is 35.1 Å². The van der Waals surface area contributed by atoms with Gasteiger partial charge in [-0.2, -0.15) is 0 Å². The molecular formula is C20H34ClN3O. The number of carbonyl (C=O) groups excluding carboxylic acids is 1. The van der Waals surface area contributed by atoms with E-state index in [1.807, 2.05) is 0 Å². The van der Waals surface area contributed by atoms with Crippen molar-refractivity contribution >= 4 is 18.3 Å². The Hall–Kier alpha value is -1.000. The fourth-order valence-corrected chi connectivity index (χ4v) is 4.56. The first-order valence-corrected chi connectivity index (χ1v) is 9.84. The summed E-state index contributed by atoms with van der Waals surface area (Å²) in [6.45, 7) is 7.30. The van der Waals surface area contributed by atoms with Crippen molar-refractivity contribution in [3.63, 3.8) is 0 Å². The zero-order chi connectivity index (χ0) is 16.9. The molecule has 1 unspecified atom stereocenters. The van der Waals surface area contributed by atoms with Gasteiger partial charge in [0.15, 0.2) is 0 Å². The number of piperidine rings is 1. The van der Waals surface area contributed by atoms with Gasteiger partial charge in [-0.1, -0.05) is 19.3 Å². The first-order valence-electron chi connectivity index (χ1n) is 9.84. The Morgan fingerprint density at radius 1 is 1.20 bits per heavy atom. The van der Waals surface area contributed by atoms with Gasteiger partial charge in [-0.05, 0) is 71.0 Å². The van der Waals surface area contributed by atoms with E-state index < -0.39 is 0 Å². The molecule has 2 heterocycles. The lowest BCUT2D eigenvalue weighted by atomic mass is 9.95. The van der Waals surface area contributed by atoms with Crippen LogP contribution in [0.3, 0.4) is 0 Å². The second-order valence-electron chi connectivity index (χ2n) is 7.70. The number of aryl methyl sites for hydroxylation is 1. The third kappa shape index (κ3) is 5.01. The van der Waals surface area contributed by atoms with Crippen molar-refractivity contribution in [3.05, 3.63) is 23.0 Å². The molecule has 2 aliphatic rings. The van der Waals surface area contributed by atoms with Crippen molar-refractivity contribution in [2.45, 2.75) is 71.3 Å². The summed E-state index contributed by atoms with van der Waals surface area (Å²) >= 11 is 0. The first-order chi connectivity index (χ1) is 11.7. The quantitative estimate of drug-likeness (QED) is 0.821. The Morgan fingerprint density at radius 2 is 1.96 bits per heavy atom. The Morgan fingerprint density at radius 3 is 2.64 bits per heavy atom. The van der Waals surface area contributed by atoms with Crippen molar-refractivity contribution in [2.24, 2.45) is 5.92 Å². The van der Waals surface area contributed by atoms with Crippen molar-refractivity contribution in [1.82, 2.24) is 15.2 Å². The molecule has 1 atom stereocenters. The number of nitrogens with one attached hydrogen (secondary N) is 2. The summed E-state index contributed by atoms with van der Waals surface area (Å²) in [6, 6.07) is 2.68. The van der Waals surface area contributed by atoms with E-state index in [0.29, 0.717) is 12.0 Å². The minimum atomic E-state index is 0. The maximum Gasteiger partial charge on any atom is 0.253 e. The summed E-state index contributed by atoms with van der Waals surface area (Å²) in [7, 11) is 0. The van der Waals surface area contributed by atoms with Gasteiger partial charge in [-0.15, -0.1) is 12.4 Å². The lowest BCUT2D eigenvalue weighted by Gasteiger charge is -2.26. The molecule has 1 aliphatic heterocycles. The summed E-state index contributed by atoms with van der Waals surface area (Å²) in [5.74, 6) is 0.822. The van der Waals surface area contributed by atoms with Crippen LogP contribution < -0.4 is 10.6 Å². The number of hydrogen-bond donors (Lipinski definition) is 2. The molecule has 1 aromatic heterocycles. The molecule has 0 aromatic carbocycles. The number of carbonyl (C=O) groups is 1. The predicted octanol–water partition coefficient (Wildman–Crippen LogP) is 4.15. The molecule has 1 aromatic rings. The highest BCUT2D eigenvalue weighted by Crippen LogP contribution is 2.32. The smallest absolute Gasteiger partial charge is 0.253 e. The van der Waals surface area contributed by atoms with Crippen molar-refractivity contribution in [3.8, 4) is 0 Å². The third-order valence-corrected chi connectivity index (χ3v) is 5.91. The Kier molecular flexibility index (Phi) is 7.82. The van der Waals surface area contributed by atoms with Gasteiger partial charge in [0.05, 0.1) is 5.56 Å². The molecule has 1 amide bonds. The zero-order valence-corrected chi connectivity index (χ0v) is 16.6. The lowest BCUT2D eigenvalue weighted by molar-refractivity contribution is 0.0949. The molecule has 142 valence electrons. The molecule has 2 N–H and O–H groups in total. The number of nitrogens with zero attached hydrogens (tertiary/aromatic N) is 1. The highest BCUT2D eigenvalue weighted by molar-refractivity contribution is 5.95. The van der Waals surface area contributed by atoms with Gasteiger partial charge in [-0.3, -0.25) is 4.79 Å². The first kappa shape index (κ1) is 20.3. The standard InChI is InChI=1S/C20H33N3O.ClH/c1-15-13-19(16(2)23(15)18-8-4-3-5-9-18)20(24)22-12-10-17-7-6-11-21-14-17;/h13,17-18,21H,3-12,14H2,1-2H3,(H,22,24);1H. The normalized spacial score (nSPS) is 21.6. The van der Waals surface area contributed by atoms with Gasteiger partial charge in [0.25, 0.3) is 5.91 Å². The maximum atomic E-state index is 12.6.